The fourth-order valence-electron chi connectivity index (χ4n) is 0.947. The highest BCUT2D eigenvalue weighted by Gasteiger charge is 2.10. The number of hydrogen-bond donors (Lipinski definition) is 1. The molecule has 0 spiro atoms. The minimum atomic E-state index is -3.71. The molecule has 2 N–H and O–H groups in total. The summed E-state index contributed by atoms with van der Waals surface area (Å²) in [5.41, 5.74) is 0.371. The average molecular weight is 230 g/mol. The van der Waals surface area contributed by atoms with Gasteiger partial charge >= 0.3 is 0 Å². The van der Waals surface area contributed by atoms with Crippen molar-refractivity contribution in [1.82, 2.24) is 0 Å². The minimum absolute atomic E-state index is 0.0256. The van der Waals surface area contributed by atoms with Crippen LogP contribution < -0.4 is 5.14 Å². The van der Waals surface area contributed by atoms with Crippen LogP contribution in [0.25, 0.3) is 0 Å². The third-order valence-electron chi connectivity index (χ3n) is 1.48. The lowest BCUT2D eigenvalue weighted by Crippen LogP contribution is -2.13. The summed E-state index contributed by atoms with van der Waals surface area (Å²) in [6.07, 6.45) is 0. The normalized spacial score (nSPS) is 10.4. The molecule has 3 nitrogen and oxygen atoms in total. The molecule has 0 radical (unpaired) electrons. The lowest BCUT2D eigenvalue weighted by Gasteiger charge is -1.99. The van der Waals surface area contributed by atoms with Gasteiger partial charge in [0.05, 0.1) is 10.8 Å². The Labute approximate surface area is 87.9 Å². The molecule has 0 atom stereocenters. The molecule has 5 heteroatoms. The van der Waals surface area contributed by atoms with Crippen molar-refractivity contribution < 1.29 is 8.42 Å². The highest BCUT2D eigenvalue weighted by atomic mass is 35.5. The predicted octanol–water partition coefficient (Wildman–Crippen LogP) is 0.924. The van der Waals surface area contributed by atoms with Crippen molar-refractivity contribution in [3.63, 3.8) is 0 Å². The summed E-state index contributed by atoms with van der Waals surface area (Å²) < 4.78 is 22.2. The first-order valence-corrected chi connectivity index (χ1v) is 5.80. The van der Waals surface area contributed by atoms with E-state index in [1.807, 2.05) is 0 Å². The number of sulfonamides is 1. The Kier molecular flexibility index (Phi) is 3.53. The number of hydrogen-bond acceptors (Lipinski definition) is 2. The molecule has 0 heterocycles. The van der Waals surface area contributed by atoms with Crippen molar-refractivity contribution >= 4 is 21.6 Å². The second-order valence-corrected chi connectivity index (χ2v) is 4.27. The van der Waals surface area contributed by atoms with Crippen LogP contribution in [-0.2, 0) is 10.0 Å². The summed E-state index contributed by atoms with van der Waals surface area (Å²) in [6.45, 7) is 0. The van der Waals surface area contributed by atoms with Crippen LogP contribution in [0.5, 0.6) is 0 Å². The fraction of sp³-hybridized carbons (Fsp3) is 0.111. The van der Waals surface area contributed by atoms with E-state index in [1.54, 1.807) is 18.2 Å². The van der Waals surface area contributed by atoms with Gasteiger partial charge in [0.1, 0.15) is 0 Å². The topological polar surface area (TPSA) is 60.2 Å². The van der Waals surface area contributed by atoms with Gasteiger partial charge in [-0.05, 0) is 12.1 Å². The number of nitrogens with two attached hydrogens (primary N) is 1. The maximum Gasteiger partial charge on any atom is 0.239 e. The molecule has 0 aliphatic heterocycles. The molecular formula is C9H8ClNO2S. The van der Waals surface area contributed by atoms with Crippen LogP contribution in [0.2, 0.25) is 0 Å². The Balaban J connectivity index is 3.31. The van der Waals surface area contributed by atoms with Crippen LogP contribution in [0.15, 0.2) is 29.2 Å². The van der Waals surface area contributed by atoms with E-state index in [0.717, 1.165) is 0 Å². The number of halogens is 1. The summed E-state index contributed by atoms with van der Waals surface area (Å²) in [5, 5.41) is 5.00. The zero-order valence-corrected chi connectivity index (χ0v) is 8.77. The maximum atomic E-state index is 11.1. The molecule has 1 aromatic rings. The number of alkyl halides is 1. The van der Waals surface area contributed by atoms with E-state index in [2.05, 4.69) is 11.8 Å². The molecule has 0 bridgehead atoms. The van der Waals surface area contributed by atoms with E-state index < -0.39 is 10.0 Å². The number of primary sulfonamides is 1. The zero-order chi connectivity index (χ0) is 10.6. The van der Waals surface area contributed by atoms with Crippen LogP contribution in [0.3, 0.4) is 0 Å². The van der Waals surface area contributed by atoms with E-state index >= 15 is 0 Å². The van der Waals surface area contributed by atoms with Crippen LogP contribution in [-0.4, -0.2) is 14.3 Å². The van der Waals surface area contributed by atoms with Crippen molar-refractivity contribution in [3.8, 4) is 11.8 Å². The first-order chi connectivity index (χ1) is 6.55. The molecule has 0 amide bonds. The van der Waals surface area contributed by atoms with Crippen molar-refractivity contribution in [2.75, 3.05) is 5.88 Å². The molecule has 1 rings (SSSR count). The molecular weight excluding hydrogens is 222 g/mol. The van der Waals surface area contributed by atoms with E-state index in [4.69, 9.17) is 16.7 Å². The number of rotatable bonds is 1. The van der Waals surface area contributed by atoms with Crippen LogP contribution in [0, 0.1) is 11.8 Å². The Morgan fingerprint density at radius 3 is 2.57 bits per heavy atom. The zero-order valence-electron chi connectivity index (χ0n) is 7.20. The highest BCUT2D eigenvalue weighted by molar-refractivity contribution is 7.89. The molecule has 0 saturated carbocycles. The standard InChI is InChI=1S/C9H8ClNO2S/c10-7-3-5-8-4-1-2-6-9(8)14(11,12)13/h1-2,4,6H,7H2,(H2,11,12,13). The second-order valence-electron chi connectivity index (χ2n) is 2.48. The van der Waals surface area contributed by atoms with Crippen molar-refractivity contribution in [2.24, 2.45) is 5.14 Å². The Bertz CT molecular complexity index is 485. The Morgan fingerprint density at radius 1 is 1.36 bits per heavy atom. The summed E-state index contributed by atoms with van der Waals surface area (Å²) in [5.74, 6) is 5.35. The lowest BCUT2D eigenvalue weighted by molar-refractivity contribution is 0.597. The van der Waals surface area contributed by atoms with Gasteiger partial charge in [0.2, 0.25) is 10.0 Å². The van der Waals surface area contributed by atoms with E-state index in [-0.39, 0.29) is 10.8 Å². The van der Waals surface area contributed by atoms with Gasteiger partial charge in [-0.2, -0.15) is 0 Å². The first kappa shape index (κ1) is 11.1. The van der Waals surface area contributed by atoms with Crippen molar-refractivity contribution in [1.29, 1.82) is 0 Å². The molecule has 0 unspecified atom stereocenters. The minimum Gasteiger partial charge on any atom is -0.225 e. The largest absolute Gasteiger partial charge is 0.239 e. The Morgan fingerprint density at radius 2 is 2.00 bits per heavy atom. The molecule has 0 fully saturated rings. The number of benzene rings is 1. The maximum absolute atomic E-state index is 11.1. The van der Waals surface area contributed by atoms with Gasteiger partial charge < -0.3 is 0 Å². The van der Waals surface area contributed by atoms with Gasteiger partial charge in [0.25, 0.3) is 0 Å². The molecule has 0 aliphatic rings. The monoisotopic (exact) mass is 229 g/mol. The van der Waals surface area contributed by atoms with Gasteiger partial charge in [-0.3, -0.25) is 0 Å². The molecule has 0 aliphatic carbocycles. The average Bonchev–Trinajstić information content (AvgIpc) is 2.14. The summed E-state index contributed by atoms with van der Waals surface area (Å²) in [4.78, 5) is 0.0256. The summed E-state index contributed by atoms with van der Waals surface area (Å²) in [7, 11) is -3.71. The fourth-order valence-corrected chi connectivity index (χ4v) is 1.71. The molecule has 14 heavy (non-hydrogen) atoms. The highest BCUT2D eigenvalue weighted by Crippen LogP contribution is 2.11. The van der Waals surface area contributed by atoms with E-state index in [0.29, 0.717) is 5.56 Å². The first-order valence-electron chi connectivity index (χ1n) is 3.72. The summed E-state index contributed by atoms with van der Waals surface area (Å²) in [6, 6.07) is 6.27. The predicted molar refractivity (Wildman–Crippen MR) is 55.4 cm³/mol. The van der Waals surface area contributed by atoms with Gasteiger partial charge in [0.15, 0.2) is 0 Å². The summed E-state index contributed by atoms with van der Waals surface area (Å²) >= 11 is 5.36. The molecule has 0 aromatic heterocycles. The lowest BCUT2D eigenvalue weighted by atomic mass is 10.2. The third kappa shape index (κ3) is 2.74. The smallest absolute Gasteiger partial charge is 0.225 e. The van der Waals surface area contributed by atoms with Crippen LogP contribution in [0.4, 0.5) is 0 Å². The molecule has 1 aromatic carbocycles. The quantitative estimate of drug-likeness (QED) is 0.575. The molecule has 0 saturated heterocycles. The Hall–Kier alpha value is -1.02. The SMILES string of the molecule is NS(=O)(=O)c1ccccc1C#CCCl. The van der Waals surface area contributed by atoms with Crippen LogP contribution >= 0.6 is 11.6 Å². The van der Waals surface area contributed by atoms with Gasteiger partial charge in [-0.1, -0.05) is 24.0 Å². The van der Waals surface area contributed by atoms with Crippen molar-refractivity contribution in [3.05, 3.63) is 29.8 Å². The molecule has 74 valence electrons. The van der Waals surface area contributed by atoms with Gasteiger partial charge in [-0.15, -0.1) is 11.6 Å². The van der Waals surface area contributed by atoms with E-state index in [9.17, 15) is 8.42 Å². The van der Waals surface area contributed by atoms with Gasteiger partial charge in [-0.25, -0.2) is 13.6 Å². The van der Waals surface area contributed by atoms with E-state index in [1.165, 1.54) is 6.07 Å². The second kappa shape index (κ2) is 4.47. The van der Waals surface area contributed by atoms with Crippen LogP contribution in [0.1, 0.15) is 5.56 Å². The van der Waals surface area contributed by atoms with Gasteiger partial charge in [0, 0.05) is 5.56 Å². The van der Waals surface area contributed by atoms with Crippen molar-refractivity contribution in [2.45, 2.75) is 4.90 Å². The third-order valence-corrected chi connectivity index (χ3v) is 2.59.